The smallest absolute Gasteiger partial charge is 0.150 e. The lowest BCUT2D eigenvalue weighted by molar-refractivity contribution is 1.16. The van der Waals surface area contributed by atoms with Crippen LogP contribution in [0.2, 0.25) is 0 Å². The number of hydrogen-bond acceptors (Lipinski definition) is 4. The number of nitrogens with two attached hydrogens (primary N) is 1. The van der Waals surface area contributed by atoms with Crippen LogP contribution in [0.1, 0.15) is 5.56 Å². The van der Waals surface area contributed by atoms with Crippen LogP contribution in [0.4, 0.5) is 17.3 Å². The minimum absolute atomic E-state index is 0.414. The number of nitrogen functional groups attached to an aromatic ring is 1. The summed E-state index contributed by atoms with van der Waals surface area (Å²) in [6, 6.07) is 5.97. The number of hydrogen-bond donors (Lipinski definition) is 2. The summed E-state index contributed by atoms with van der Waals surface area (Å²) in [4.78, 5) is 8.03. The highest BCUT2D eigenvalue weighted by Gasteiger charge is 2.07. The molecule has 0 atom stereocenters. The molecule has 0 radical (unpaired) electrons. The van der Waals surface area contributed by atoms with E-state index in [4.69, 9.17) is 5.73 Å². The Bertz CT molecular complexity index is 557. The van der Waals surface area contributed by atoms with E-state index in [1.165, 1.54) is 6.33 Å². The highest BCUT2D eigenvalue weighted by Crippen LogP contribution is 2.29. The van der Waals surface area contributed by atoms with E-state index in [0.29, 0.717) is 16.1 Å². The van der Waals surface area contributed by atoms with Crippen LogP contribution in [-0.2, 0) is 0 Å². The zero-order valence-electron chi connectivity index (χ0n) is 9.04. The molecule has 0 aliphatic heterocycles. The third-order valence-corrected chi connectivity index (χ3v) is 3.53. The number of rotatable bonds is 2. The summed E-state index contributed by atoms with van der Waals surface area (Å²) in [6.07, 6.45) is 1.43. The maximum absolute atomic E-state index is 5.69. The van der Waals surface area contributed by atoms with Crippen molar-refractivity contribution in [2.24, 2.45) is 0 Å². The van der Waals surface area contributed by atoms with Gasteiger partial charge in [0, 0.05) is 10.2 Å². The molecule has 3 N–H and O–H groups in total. The Hall–Kier alpha value is -1.14. The van der Waals surface area contributed by atoms with Crippen molar-refractivity contribution in [1.29, 1.82) is 0 Å². The summed E-state index contributed by atoms with van der Waals surface area (Å²) >= 11 is 6.78. The second kappa shape index (κ2) is 5.01. The highest BCUT2D eigenvalue weighted by molar-refractivity contribution is 9.11. The van der Waals surface area contributed by atoms with Crippen molar-refractivity contribution in [3.63, 3.8) is 0 Å². The van der Waals surface area contributed by atoms with Gasteiger partial charge in [-0.05, 0) is 46.6 Å². The fourth-order valence-corrected chi connectivity index (χ4v) is 2.14. The molecular weight excluding hydrogens is 348 g/mol. The lowest BCUT2D eigenvalue weighted by atomic mass is 10.2. The number of nitrogens with one attached hydrogen (secondary N) is 1. The molecule has 0 spiro atoms. The maximum atomic E-state index is 5.69. The van der Waals surface area contributed by atoms with Gasteiger partial charge in [-0.15, -0.1) is 0 Å². The molecule has 0 saturated carbocycles. The van der Waals surface area contributed by atoms with Gasteiger partial charge in [0.15, 0.2) is 0 Å². The molecule has 1 heterocycles. The summed E-state index contributed by atoms with van der Waals surface area (Å²) in [5.41, 5.74) is 7.78. The predicted molar refractivity (Wildman–Crippen MR) is 76.3 cm³/mol. The molecule has 0 aliphatic rings. The Morgan fingerprint density at radius 1 is 1.24 bits per heavy atom. The first kappa shape index (κ1) is 12.3. The second-order valence-electron chi connectivity index (χ2n) is 3.51. The Balaban J connectivity index is 2.35. The molecule has 0 amide bonds. The van der Waals surface area contributed by atoms with Crippen LogP contribution in [0, 0.1) is 6.92 Å². The second-order valence-corrected chi connectivity index (χ2v) is 5.21. The molecule has 1 aromatic carbocycles. The van der Waals surface area contributed by atoms with Gasteiger partial charge >= 0.3 is 0 Å². The maximum Gasteiger partial charge on any atom is 0.150 e. The fraction of sp³-hybridized carbons (Fsp3) is 0.0909. The molecule has 0 bridgehead atoms. The minimum Gasteiger partial charge on any atom is -0.383 e. The van der Waals surface area contributed by atoms with E-state index in [-0.39, 0.29) is 0 Å². The van der Waals surface area contributed by atoms with E-state index in [0.717, 1.165) is 15.7 Å². The molecule has 2 aromatic rings. The van der Waals surface area contributed by atoms with Gasteiger partial charge in [-0.3, -0.25) is 0 Å². The topological polar surface area (TPSA) is 63.8 Å². The van der Waals surface area contributed by atoms with Crippen LogP contribution < -0.4 is 11.1 Å². The summed E-state index contributed by atoms with van der Waals surface area (Å²) < 4.78 is 1.71. The van der Waals surface area contributed by atoms with Crippen molar-refractivity contribution in [3.8, 4) is 0 Å². The molecule has 0 aliphatic carbocycles. The number of anilines is 3. The van der Waals surface area contributed by atoms with Crippen LogP contribution in [0.15, 0.2) is 33.5 Å². The van der Waals surface area contributed by atoms with Crippen LogP contribution in [0.3, 0.4) is 0 Å². The molecular formula is C11H10Br2N4. The molecule has 17 heavy (non-hydrogen) atoms. The minimum atomic E-state index is 0.414. The first-order valence-corrected chi connectivity index (χ1v) is 6.45. The van der Waals surface area contributed by atoms with Crippen LogP contribution in [0.5, 0.6) is 0 Å². The number of nitrogens with zero attached hydrogens (tertiary/aromatic N) is 2. The van der Waals surface area contributed by atoms with Gasteiger partial charge in [0.1, 0.15) is 22.4 Å². The van der Waals surface area contributed by atoms with Crippen LogP contribution in [0.25, 0.3) is 0 Å². The Kier molecular flexibility index (Phi) is 3.63. The fourth-order valence-electron chi connectivity index (χ4n) is 1.37. The molecule has 88 valence electrons. The lowest BCUT2D eigenvalue weighted by Crippen LogP contribution is -2.00. The zero-order valence-corrected chi connectivity index (χ0v) is 12.2. The first-order chi connectivity index (χ1) is 8.08. The normalized spacial score (nSPS) is 10.3. The van der Waals surface area contributed by atoms with Crippen molar-refractivity contribution in [2.45, 2.75) is 6.92 Å². The summed E-state index contributed by atoms with van der Waals surface area (Å²) in [5, 5.41) is 3.21. The van der Waals surface area contributed by atoms with Crippen LogP contribution >= 0.6 is 31.9 Å². The van der Waals surface area contributed by atoms with Crippen molar-refractivity contribution < 1.29 is 0 Å². The number of aromatic nitrogens is 2. The van der Waals surface area contributed by atoms with E-state index in [9.17, 15) is 0 Å². The molecule has 2 rings (SSSR count). The molecule has 6 heteroatoms. The summed E-state index contributed by atoms with van der Waals surface area (Å²) in [5.74, 6) is 1.07. The van der Waals surface area contributed by atoms with Gasteiger partial charge in [0.2, 0.25) is 0 Å². The lowest BCUT2D eigenvalue weighted by Gasteiger charge is -2.10. The molecule has 0 saturated heterocycles. The summed E-state index contributed by atoms with van der Waals surface area (Å²) in [6.45, 7) is 2.02. The zero-order chi connectivity index (χ0) is 12.4. The van der Waals surface area contributed by atoms with E-state index in [1.54, 1.807) is 0 Å². The highest BCUT2D eigenvalue weighted by atomic mass is 79.9. The Labute approximate surface area is 116 Å². The quantitative estimate of drug-likeness (QED) is 0.861. The summed E-state index contributed by atoms with van der Waals surface area (Å²) in [7, 11) is 0. The molecule has 1 aromatic heterocycles. The number of halogens is 2. The number of benzene rings is 1. The van der Waals surface area contributed by atoms with Crippen molar-refractivity contribution in [2.75, 3.05) is 11.1 Å². The average Bonchev–Trinajstić information content (AvgIpc) is 2.28. The standard InChI is InChI=1S/C11H10Br2N4/c1-6-4-7(12)2-3-8(6)17-11-9(13)10(14)15-5-16-11/h2-5H,1H3,(H3,14,15,16,17). The SMILES string of the molecule is Cc1cc(Br)ccc1Nc1ncnc(N)c1Br. The Morgan fingerprint density at radius 2 is 2.00 bits per heavy atom. The van der Waals surface area contributed by atoms with E-state index < -0.39 is 0 Å². The third-order valence-electron chi connectivity index (χ3n) is 2.26. The largest absolute Gasteiger partial charge is 0.383 e. The van der Waals surface area contributed by atoms with Gasteiger partial charge in [-0.1, -0.05) is 15.9 Å². The van der Waals surface area contributed by atoms with E-state index in [1.807, 2.05) is 25.1 Å². The number of aryl methyl sites for hydroxylation is 1. The monoisotopic (exact) mass is 356 g/mol. The van der Waals surface area contributed by atoms with Gasteiger partial charge < -0.3 is 11.1 Å². The predicted octanol–water partition coefficient (Wildman–Crippen LogP) is 3.64. The van der Waals surface area contributed by atoms with Gasteiger partial charge in [0.25, 0.3) is 0 Å². The van der Waals surface area contributed by atoms with Gasteiger partial charge in [0.05, 0.1) is 0 Å². The Morgan fingerprint density at radius 3 is 2.71 bits per heavy atom. The van der Waals surface area contributed by atoms with Crippen molar-refractivity contribution in [1.82, 2.24) is 9.97 Å². The van der Waals surface area contributed by atoms with E-state index in [2.05, 4.69) is 47.1 Å². The molecule has 0 fully saturated rings. The molecule has 4 nitrogen and oxygen atoms in total. The van der Waals surface area contributed by atoms with E-state index >= 15 is 0 Å². The van der Waals surface area contributed by atoms with Crippen molar-refractivity contribution in [3.05, 3.63) is 39.0 Å². The van der Waals surface area contributed by atoms with Crippen LogP contribution in [-0.4, -0.2) is 9.97 Å². The van der Waals surface area contributed by atoms with Gasteiger partial charge in [-0.2, -0.15) is 0 Å². The molecule has 0 unspecified atom stereocenters. The third kappa shape index (κ3) is 2.76. The average molecular weight is 358 g/mol. The first-order valence-electron chi connectivity index (χ1n) is 4.87. The van der Waals surface area contributed by atoms with Crippen molar-refractivity contribution >= 4 is 49.2 Å². The van der Waals surface area contributed by atoms with Gasteiger partial charge in [-0.25, -0.2) is 9.97 Å².